The van der Waals surface area contributed by atoms with Gasteiger partial charge in [-0.1, -0.05) is 84.4 Å². The third kappa shape index (κ3) is 3.32. The largest absolute Gasteiger partial charge is 0.0918 e. The zero-order chi connectivity index (χ0) is 14.4. The Balaban J connectivity index is 2.29. The monoisotopic (exact) mass is 330 g/mol. The Kier molecular flexibility index (Phi) is 5.42. The molecule has 1 atom stereocenters. The molecule has 0 aromatic heterocycles. The zero-order valence-electron chi connectivity index (χ0n) is 12.4. The summed E-state index contributed by atoms with van der Waals surface area (Å²) in [6, 6.07) is 20.0. The van der Waals surface area contributed by atoms with Gasteiger partial charge >= 0.3 is 0 Å². The Morgan fingerprint density at radius 2 is 1.45 bits per heavy atom. The van der Waals surface area contributed by atoms with Crippen molar-refractivity contribution in [3.8, 4) is 0 Å². The normalized spacial score (nSPS) is 13.9. The maximum Gasteiger partial charge on any atom is 0.0132 e. The van der Waals surface area contributed by atoms with Gasteiger partial charge in [-0.2, -0.15) is 0 Å². The molecule has 0 nitrogen and oxygen atoms in total. The van der Waals surface area contributed by atoms with Gasteiger partial charge in [-0.25, -0.2) is 0 Å². The van der Waals surface area contributed by atoms with Crippen molar-refractivity contribution in [2.75, 3.05) is 5.33 Å². The average Bonchev–Trinajstić information content (AvgIpc) is 2.54. The summed E-state index contributed by atoms with van der Waals surface area (Å²) in [5.74, 6) is 0. The van der Waals surface area contributed by atoms with Crippen LogP contribution in [0.5, 0.6) is 0 Å². The summed E-state index contributed by atoms with van der Waals surface area (Å²) >= 11 is 3.76. The maximum atomic E-state index is 3.76. The molecule has 106 valence electrons. The molecule has 1 heteroatoms. The van der Waals surface area contributed by atoms with Crippen LogP contribution < -0.4 is 0 Å². The Bertz CT molecular complexity index is 509. The zero-order valence-corrected chi connectivity index (χ0v) is 14.0. The molecule has 0 aliphatic rings. The van der Waals surface area contributed by atoms with Gasteiger partial charge in [-0.05, 0) is 36.0 Å². The van der Waals surface area contributed by atoms with Crippen LogP contribution in [0.3, 0.4) is 0 Å². The van der Waals surface area contributed by atoms with E-state index in [1.165, 1.54) is 16.7 Å². The standard InChI is InChI=1S/C19H23Br/c1-3-16-10-12-17(13-11-16)14-19(4-2,15-20)18-8-6-5-7-9-18/h5-13H,3-4,14-15H2,1-2H3. The molecule has 0 aliphatic carbocycles. The van der Waals surface area contributed by atoms with E-state index in [1.54, 1.807) is 0 Å². The smallest absolute Gasteiger partial charge is 0.0132 e. The first-order chi connectivity index (χ1) is 9.74. The Hall–Kier alpha value is -1.08. The summed E-state index contributed by atoms with van der Waals surface area (Å²) in [6.07, 6.45) is 3.33. The van der Waals surface area contributed by atoms with Crippen LogP contribution >= 0.6 is 15.9 Å². The Morgan fingerprint density at radius 3 is 1.95 bits per heavy atom. The minimum Gasteiger partial charge on any atom is -0.0918 e. The third-order valence-corrected chi connectivity index (χ3v) is 5.37. The molecule has 0 bridgehead atoms. The SMILES string of the molecule is CCc1ccc(CC(CC)(CBr)c2ccccc2)cc1. The highest BCUT2D eigenvalue weighted by atomic mass is 79.9. The van der Waals surface area contributed by atoms with Crippen molar-refractivity contribution in [2.45, 2.75) is 38.5 Å². The first kappa shape index (κ1) is 15.3. The molecule has 2 aromatic carbocycles. The molecule has 0 fully saturated rings. The predicted octanol–water partition coefficient (Wildman–Crippen LogP) is 5.53. The van der Waals surface area contributed by atoms with Gasteiger partial charge in [-0.15, -0.1) is 0 Å². The minimum absolute atomic E-state index is 0.189. The fraction of sp³-hybridized carbons (Fsp3) is 0.368. The Labute approximate surface area is 131 Å². The summed E-state index contributed by atoms with van der Waals surface area (Å²) < 4.78 is 0. The molecule has 2 aromatic rings. The lowest BCUT2D eigenvalue weighted by molar-refractivity contribution is 0.464. The van der Waals surface area contributed by atoms with Gasteiger partial charge in [0.25, 0.3) is 0 Å². The van der Waals surface area contributed by atoms with Gasteiger partial charge in [0.2, 0.25) is 0 Å². The molecule has 0 amide bonds. The highest BCUT2D eigenvalue weighted by molar-refractivity contribution is 9.09. The van der Waals surface area contributed by atoms with Crippen LogP contribution in [0.25, 0.3) is 0 Å². The lowest BCUT2D eigenvalue weighted by Gasteiger charge is -2.32. The number of halogens is 1. The number of hydrogen-bond acceptors (Lipinski definition) is 0. The third-order valence-electron chi connectivity index (χ3n) is 4.29. The summed E-state index contributed by atoms with van der Waals surface area (Å²) in [4.78, 5) is 0. The van der Waals surface area contributed by atoms with Crippen molar-refractivity contribution < 1.29 is 0 Å². The molecule has 0 radical (unpaired) electrons. The lowest BCUT2D eigenvalue weighted by Crippen LogP contribution is -2.30. The van der Waals surface area contributed by atoms with Crippen LogP contribution in [0, 0.1) is 0 Å². The first-order valence-electron chi connectivity index (χ1n) is 7.43. The Morgan fingerprint density at radius 1 is 0.850 bits per heavy atom. The molecular weight excluding hydrogens is 308 g/mol. The average molecular weight is 331 g/mol. The highest BCUT2D eigenvalue weighted by Crippen LogP contribution is 2.34. The van der Waals surface area contributed by atoms with Crippen LogP contribution in [0.2, 0.25) is 0 Å². The fourth-order valence-corrected chi connectivity index (χ4v) is 3.64. The second-order valence-corrected chi connectivity index (χ2v) is 6.04. The van der Waals surface area contributed by atoms with Gasteiger partial charge in [0.1, 0.15) is 0 Å². The molecule has 2 rings (SSSR count). The van der Waals surface area contributed by atoms with Crippen LogP contribution in [-0.2, 0) is 18.3 Å². The van der Waals surface area contributed by atoms with Gasteiger partial charge < -0.3 is 0 Å². The van der Waals surface area contributed by atoms with Gasteiger partial charge in [0.15, 0.2) is 0 Å². The highest BCUT2D eigenvalue weighted by Gasteiger charge is 2.29. The molecular formula is C19H23Br. The van der Waals surface area contributed by atoms with E-state index in [1.807, 2.05) is 0 Å². The van der Waals surface area contributed by atoms with E-state index >= 15 is 0 Å². The van der Waals surface area contributed by atoms with Crippen LogP contribution in [0.4, 0.5) is 0 Å². The van der Waals surface area contributed by atoms with Gasteiger partial charge in [0.05, 0.1) is 0 Å². The number of hydrogen-bond donors (Lipinski definition) is 0. The number of benzene rings is 2. The summed E-state index contributed by atoms with van der Waals surface area (Å²) in [5.41, 5.74) is 4.45. The van der Waals surface area contributed by atoms with E-state index in [0.29, 0.717) is 0 Å². The number of alkyl halides is 1. The van der Waals surface area contributed by atoms with E-state index in [2.05, 4.69) is 84.4 Å². The van der Waals surface area contributed by atoms with Crippen molar-refractivity contribution in [3.63, 3.8) is 0 Å². The summed E-state index contributed by atoms with van der Waals surface area (Å²) in [5, 5.41) is 0.996. The van der Waals surface area contributed by atoms with Crippen molar-refractivity contribution in [3.05, 3.63) is 71.3 Å². The molecule has 0 spiro atoms. The van der Waals surface area contributed by atoms with Gasteiger partial charge in [-0.3, -0.25) is 0 Å². The van der Waals surface area contributed by atoms with Gasteiger partial charge in [0, 0.05) is 10.7 Å². The first-order valence-corrected chi connectivity index (χ1v) is 8.55. The topological polar surface area (TPSA) is 0 Å². The van der Waals surface area contributed by atoms with E-state index in [0.717, 1.165) is 24.6 Å². The van der Waals surface area contributed by atoms with Crippen LogP contribution in [0.1, 0.15) is 37.0 Å². The summed E-state index contributed by atoms with van der Waals surface area (Å²) in [6.45, 7) is 4.49. The quantitative estimate of drug-likeness (QED) is 0.610. The fourth-order valence-electron chi connectivity index (χ4n) is 2.73. The molecule has 20 heavy (non-hydrogen) atoms. The van der Waals surface area contributed by atoms with E-state index in [9.17, 15) is 0 Å². The molecule has 0 saturated carbocycles. The number of rotatable bonds is 6. The molecule has 0 heterocycles. The minimum atomic E-state index is 0.189. The maximum absolute atomic E-state index is 3.76. The van der Waals surface area contributed by atoms with Crippen molar-refractivity contribution >= 4 is 15.9 Å². The number of aryl methyl sites for hydroxylation is 1. The van der Waals surface area contributed by atoms with E-state index in [4.69, 9.17) is 0 Å². The van der Waals surface area contributed by atoms with Crippen molar-refractivity contribution in [2.24, 2.45) is 0 Å². The second kappa shape index (κ2) is 7.08. The lowest BCUT2D eigenvalue weighted by atomic mass is 9.75. The van der Waals surface area contributed by atoms with Crippen molar-refractivity contribution in [1.82, 2.24) is 0 Å². The van der Waals surface area contributed by atoms with E-state index < -0.39 is 0 Å². The molecule has 0 aliphatic heterocycles. The van der Waals surface area contributed by atoms with Crippen molar-refractivity contribution in [1.29, 1.82) is 0 Å². The molecule has 0 N–H and O–H groups in total. The van der Waals surface area contributed by atoms with E-state index in [-0.39, 0.29) is 5.41 Å². The van der Waals surface area contributed by atoms with Crippen LogP contribution in [0.15, 0.2) is 54.6 Å². The molecule has 1 unspecified atom stereocenters. The second-order valence-electron chi connectivity index (χ2n) is 5.48. The predicted molar refractivity (Wildman–Crippen MR) is 91.7 cm³/mol. The molecule has 0 saturated heterocycles. The summed E-state index contributed by atoms with van der Waals surface area (Å²) in [7, 11) is 0. The van der Waals surface area contributed by atoms with Crippen LogP contribution in [-0.4, -0.2) is 5.33 Å².